The Labute approximate surface area is 242 Å². The SMILES string of the molecule is CCN1CCN(C(=O)c2ccc3oc4cc(C(NC(CC(C)C)C(=O)NC5(C#N)CC5)C(F)(F)F)ccc4c3c2)CC1. The number of furan rings is 1. The molecule has 0 spiro atoms. The average Bonchev–Trinajstić information content (AvgIpc) is 3.64. The average molecular weight is 584 g/mol. The van der Waals surface area contributed by atoms with E-state index in [0.29, 0.717) is 47.9 Å². The quantitative estimate of drug-likeness (QED) is 0.362. The van der Waals surface area contributed by atoms with Crippen LogP contribution in [0.2, 0.25) is 0 Å². The van der Waals surface area contributed by atoms with Gasteiger partial charge in [-0.2, -0.15) is 18.4 Å². The molecule has 11 heteroatoms. The van der Waals surface area contributed by atoms with Gasteiger partial charge in [0.25, 0.3) is 5.91 Å². The van der Waals surface area contributed by atoms with Crippen LogP contribution in [0.1, 0.15) is 62.0 Å². The summed E-state index contributed by atoms with van der Waals surface area (Å²) in [6.45, 7) is 9.59. The number of nitriles is 1. The van der Waals surface area contributed by atoms with E-state index in [-0.39, 0.29) is 29.4 Å². The van der Waals surface area contributed by atoms with Gasteiger partial charge >= 0.3 is 6.18 Å². The van der Waals surface area contributed by atoms with Gasteiger partial charge in [-0.05, 0) is 61.6 Å². The number of halogens is 3. The highest BCUT2D eigenvalue weighted by Crippen LogP contribution is 2.38. The molecule has 2 aromatic carbocycles. The molecule has 0 bridgehead atoms. The van der Waals surface area contributed by atoms with E-state index in [1.165, 1.54) is 12.1 Å². The Morgan fingerprint density at radius 2 is 1.76 bits per heavy atom. The summed E-state index contributed by atoms with van der Waals surface area (Å²) in [7, 11) is 0. The largest absolute Gasteiger partial charge is 0.456 e. The van der Waals surface area contributed by atoms with E-state index < -0.39 is 29.7 Å². The number of rotatable bonds is 9. The van der Waals surface area contributed by atoms with Gasteiger partial charge in [0.2, 0.25) is 5.91 Å². The minimum Gasteiger partial charge on any atom is -0.456 e. The van der Waals surface area contributed by atoms with Crippen molar-refractivity contribution < 1.29 is 27.2 Å². The molecule has 5 rings (SSSR count). The maximum atomic E-state index is 14.4. The predicted octanol–water partition coefficient (Wildman–Crippen LogP) is 5.14. The first kappa shape index (κ1) is 29.9. The number of alkyl halides is 3. The van der Waals surface area contributed by atoms with Gasteiger partial charge < -0.3 is 19.5 Å². The lowest BCUT2D eigenvalue weighted by molar-refractivity contribution is -0.161. The maximum absolute atomic E-state index is 14.4. The van der Waals surface area contributed by atoms with Crippen molar-refractivity contribution in [2.75, 3.05) is 32.7 Å². The summed E-state index contributed by atoms with van der Waals surface area (Å²) in [6, 6.07) is 8.15. The smallest absolute Gasteiger partial charge is 0.407 e. The fraction of sp³-hybridized carbons (Fsp3) is 0.516. The summed E-state index contributed by atoms with van der Waals surface area (Å²) in [5.41, 5.74) is 0.142. The summed E-state index contributed by atoms with van der Waals surface area (Å²) in [4.78, 5) is 30.3. The number of amides is 2. The number of benzene rings is 2. The zero-order valence-corrected chi connectivity index (χ0v) is 24.1. The second-order valence-electron chi connectivity index (χ2n) is 11.8. The second kappa shape index (κ2) is 11.6. The molecule has 2 amide bonds. The number of likely N-dealkylation sites (N-methyl/N-ethyl adjacent to an activating group) is 1. The van der Waals surface area contributed by atoms with Crippen molar-refractivity contribution in [3.8, 4) is 6.07 Å². The molecule has 2 atom stereocenters. The van der Waals surface area contributed by atoms with Crippen molar-refractivity contribution in [1.29, 1.82) is 5.26 Å². The van der Waals surface area contributed by atoms with Crippen LogP contribution in [0.25, 0.3) is 21.9 Å². The number of hydrogen-bond acceptors (Lipinski definition) is 6. The lowest BCUT2D eigenvalue weighted by atomic mass is 9.98. The third kappa shape index (κ3) is 6.25. The summed E-state index contributed by atoms with van der Waals surface area (Å²) < 4.78 is 49.2. The summed E-state index contributed by atoms with van der Waals surface area (Å²) >= 11 is 0. The topological polar surface area (TPSA) is 102 Å². The molecule has 1 saturated heterocycles. The van der Waals surface area contributed by atoms with Crippen LogP contribution < -0.4 is 10.6 Å². The molecule has 1 aliphatic heterocycles. The zero-order chi connectivity index (χ0) is 30.2. The van der Waals surface area contributed by atoms with E-state index >= 15 is 0 Å². The molecule has 1 aliphatic carbocycles. The minimum absolute atomic E-state index is 0.0651. The molecular formula is C31H36F3N5O3. The van der Waals surface area contributed by atoms with Crippen molar-refractivity contribution in [3.05, 3.63) is 47.5 Å². The highest BCUT2D eigenvalue weighted by Gasteiger charge is 2.47. The van der Waals surface area contributed by atoms with Crippen LogP contribution in [-0.2, 0) is 4.79 Å². The van der Waals surface area contributed by atoms with Crippen molar-refractivity contribution in [2.24, 2.45) is 5.92 Å². The Morgan fingerprint density at radius 3 is 2.36 bits per heavy atom. The van der Waals surface area contributed by atoms with E-state index in [0.717, 1.165) is 19.6 Å². The van der Waals surface area contributed by atoms with E-state index in [1.54, 1.807) is 24.3 Å². The first-order valence-corrected chi connectivity index (χ1v) is 14.5. The number of nitrogens with zero attached hydrogens (tertiary/aromatic N) is 3. The zero-order valence-electron chi connectivity index (χ0n) is 24.1. The third-order valence-electron chi connectivity index (χ3n) is 8.23. The fourth-order valence-corrected chi connectivity index (χ4v) is 5.57. The summed E-state index contributed by atoms with van der Waals surface area (Å²) in [5.74, 6) is -0.765. The Kier molecular flexibility index (Phi) is 8.23. The number of carbonyl (C=O) groups is 2. The van der Waals surface area contributed by atoms with Crippen LogP contribution in [-0.4, -0.2) is 72.1 Å². The van der Waals surface area contributed by atoms with Crippen molar-refractivity contribution in [2.45, 2.75) is 63.8 Å². The number of piperazine rings is 1. The van der Waals surface area contributed by atoms with Gasteiger partial charge in [-0.3, -0.25) is 14.9 Å². The molecule has 2 heterocycles. The highest BCUT2D eigenvalue weighted by molar-refractivity contribution is 6.08. The monoisotopic (exact) mass is 583 g/mol. The molecule has 2 aliphatic rings. The van der Waals surface area contributed by atoms with Gasteiger partial charge in [0.15, 0.2) is 0 Å². The number of nitrogens with one attached hydrogen (secondary N) is 2. The van der Waals surface area contributed by atoms with Crippen LogP contribution in [0.4, 0.5) is 13.2 Å². The minimum atomic E-state index is -4.71. The van der Waals surface area contributed by atoms with E-state index in [1.807, 2.05) is 18.7 Å². The summed E-state index contributed by atoms with van der Waals surface area (Å²) in [6.07, 6.45) is -3.57. The van der Waals surface area contributed by atoms with Gasteiger partial charge in [-0.25, -0.2) is 0 Å². The Morgan fingerprint density at radius 1 is 1.05 bits per heavy atom. The van der Waals surface area contributed by atoms with Gasteiger partial charge in [-0.15, -0.1) is 0 Å². The van der Waals surface area contributed by atoms with E-state index in [4.69, 9.17) is 4.42 Å². The van der Waals surface area contributed by atoms with Crippen LogP contribution in [0.15, 0.2) is 40.8 Å². The molecular weight excluding hydrogens is 547 g/mol. The molecule has 0 radical (unpaired) electrons. The van der Waals surface area contributed by atoms with Gasteiger partial charge in [0, 0.05) is 42.5 Å². The van der Waals surface area contributed by atoms with E-state index in [9.17, 15) is 28.0 Å². The van der Waals surface area contributed by atoms with Gasteiger partial charge in [-0.1, -0.05) is 32.9 Å². The first-order chi connectivity index (χ1) is 19.9. The van der Waals surface area contributed by atoms with Crippen LogP contribution in [0.5, 0.6) is 0 Å². The van der Waals surface area contributed by atoms with Crippen molar-refractivity contribution in [1.82, 2.24) is 20.4 Å². The van der Waals surface area contributed by atoms with Gasteiger partial charge in [0.1, 0.15) is 22.7 Å². The Bertz CT molecular complexity index is 1510. The highest BCUT2D eigenvalue weighted by atomic mass is 19.4. The van der Waals surface area contributed by atoms with Crippen LogP contribution >= 0.6 is 0 Å². The van der Waals surface area contributed by atoms with Crippen LogP contribution in [0.3, 0.4) is 0 Å². The molecule has 1 aromatic heterocycles. The number of carbonyl (C=O) groups excluding carboxylic acids is 2. The third-order valence-corrected chi connectivity index (χ3v) is 8.23. The normalized spacial score (nSPS) is 18.7. The number of fused-ring (bicyclic) bond motifs is 3. The maximum Gasteiger partial charge on any atom is 0.407 e. The molecule has 2 N–H and O–H groups in total. The van der Waals surface area contributed by atoms with Crippen LogP contribution in [0, 0.1) is 17.2 Å². The van der Waals surface area contributed by atoms with E-state index in [2.05, 4.69) is 28.5 Å². The number of hydrogen-bond donors (Lipinski definition) is 2. The molecule has 3 aromatic rings. The molecule has 224 valence electrons. The molecule has 42 heavy (non-hydrogen) atoms. The lowest BCUT2D eigenvalue weighted by Crippen LogP contribution is -2.52. The van der Waals surface area contributed by atoms with Gasteiger partial charge in [0.05, 0.1) is 12.1 Å². The van der Waals surface area contributed by atoms with Crippen molar-refractivity contribution >= 4 is 33.8 Å². The first-order valence-electron chi connectivity index (χ1n) is 14.5. The fourth-order valence-electron chi connectivity index (χ4n) is 5.57. The Hall–Kier alpha value is -3.62. The molecule has 2 unspecified atom stereocenters. The summed E-state index contributed by atoms with van der Waals surface area (Å²) in [5, 5.41) is 15.8. The standard InChI is InChI=1S/C31H36F3N5O3/c1-4-38-11-13-39(14-12-38)29(41)21-6-8-25-23(16-21)22-7-5-20(17-26(22)42-25)27(31(32,33)34)36-24(15-19(2)3)28(40)37-30(18-35)9-10-30/h5-8,16-17,19,24,27,36H,4,9-15H2,1-3H3,(H,37,40). The molecule has 2 fully saturated rings. The molecule has 1 saturated carbocycles. The molecule has 8 nitrogen and oxygen atoms in total. The second-order valence-corrected chi connectivity index (χ2v) is 11.8. The van der Waals surface area contributed by atoms with Crippen molar-refractivity contribution in [3.63, 3.8) is 0 Å². The predicted molar refractivity (Wildman–Crippen MR) is 153 cm³/mol. The Balaban J connectivity index is 1.42. The lowest BCUT2D eigenvalue weighted by Gasteiger charge is -2.34.